The maximum Gasteiger partial charge on any atom is 0.293 e. The smallest absolute Gasteiger partial charge is 0.293 e. The van der Waals surface area contributed by atoms with Gasteiger partial charge >= 0.3 is 0 Å². The Morgan fingerprint density at radius 3 is 2.52 bits per heavy atom. The van der Waals surface area contributed by atoms with Gasteiger partial charge < -0.3 is 14.1 Å². The van der Waals surface area contributed by atoms with Crippen molar-refractivity contribution >= 4 is 21.4 Å². The first kappa shape index (κ1) is 21.8. The van der Waals surface area contributed by atoms with E-state index in [9.17, 15) is 18.5 Å². The van der Waals surface area contributed by atoms with Crippen LogP contribution in [0, 0.1) is 23.0 Å². The molecule has 2 atom stereocenters. The molecule has 0 N–H and O–H groups in total. The number of furan rings is 1. The lowest BCUT2D eigenvalue weighted by molar-refractivity contribution is -0.384. The number of hydrogen-bond acceptors (Lipinski definition) is 7. The lowest BCUT2D eigenvalue weighted by atomic mass is 9.90. The Labute approximate surface area is 181 Å². The first-order valence-corrected chi connectivity index (χ1v) is 11.9. The molecule has 2 aliphatic heterocycles. The van der Waals surface area contributed by atoms with Crippen LogP contribution in [0.1, 0.15) is 37.3 Å². The van der Waals surface area contributed by atoms with Gasteiger partial charge in [-0.1, -0.05) is 6.92 Å². The van der Waals surface area contributed by atoms with Gasteiger partial charge in [-0.05, 0) is 49.9 Å². The minimum absolute atomic E-state index is 0.0689. The fourth-order valence-corrected chi connectivity index (χ4v) is 5.75. The molecule has 2 unspecified atom stereocenters. The van der Waals surface area contributed by atoms with Crippen LogP contribution in [0.2, 0.25) is 0 Å². The maximum atomic E-state index is 13.0. The zero-order valence-corrected chi connectivity index (χ0v) is 18.5. The van der Waals surface area contributed by atoms with E-state index in [0.717, 1.165) is 24.4 Å². The van der Waals surface area contributed by atoms with Gasteiger partial charge in [0.2, 0.25) is 10.0 Å². The predicted molar refractivity (Wildman–Crippen MR) is 115 cm³/mol. The van der Waals surface area contributed by atoms with Gasteiger partial charge in [-0.15, -0.1) is 0 Å². The van der Waals surface area contributed by atoms with Gasteiger partial charge in [-0.25, -0.2) is 8.42 Å². The molecule has 2 saturated heterocycles. The van der Waals surface area contributed by atoms with Crippen molar-refractivity contribution in [2.75, 3.05) is 37.7 Å². The van der Waals surface area contributed by atoms with E-state index in [4.69, 9.17) is 9.15 Å². The summed E-state index contributed by atoms with van der Waals surface area (Å²) in [5.74, 6) is 2.00. The van der Waals surface area contributed by atoms with Crippen LogP contribution in [-0.2, 0) is 14.8 Å². The molecule has 0 spiro atoms. The van der Waals surface area contributed by atoms with Crippen LogP contribution in [0.4, 0.5) is 11.4 Å². The summed E-state index contributed by atoms with van der Waals surface area (Å²) in [7, 11) is -3.82. The first-order valence-electron chi connectivity index (χ1n) is 10.5. The summed E-state index contributed by atoms with van der Waals surface area (Å²) in [5.41, 5.74) is 0.203. The second-order valence-corrected chi connectivity index (χ2v) is 10.1. The van der Waals surface area contributed by atoms with Crippen LogP contribution in [0.25, 0.3) is 0 Å². The molecule has 0 saturated carbocycles. The van der Waals surface area contributed by atoms with Crippen molar-refractivity contribution in [2.45, 2.75) is 37.6 Å². The molecule has 3 heterocycles. The number of hydrogen-bond donors (Lipinski definition) is 0. The van der Waals surface area contributed by atoms with Crippen LogP contribution in [0.3, 0.4) is 0 Å². The fraction of sp³-hybridized carbons (Fsp3) is 0.524. The molecule has 10 heteroatoms. The minimum Gasteiger partial charge on any atom is -0.464 e. The van der Waals surface area contributed by atoms with E-state index in [2.05, 4.69) is 6.92 Å². The Kier molecular flexibility index (Phi) is 6.05. The van der Waals surface area contributed by atoms with Crippen LogP contribution in [0.15, 0.2) is 39.6 Å². The van der Waals surface area contributed by atoms with Crippen molar-refractivity contribution < 1.29 is 22.5 Å². The SMILES string of the molecule is Cc1ccc(C2CC(C)CCN2c2ccc(S(=O)(=O)N3CCOCC3)cc2[N+](=O)[O-])o1. The van der Waals surface area contributed by atoms with Gasteiger partial charge in [0.05, 0.1) is 29.1 Å². The minimum atomic E-state index is -3.82. The standard InChI is InChI=1S/C21H27N3O6S/c1-15-7-8-23(20(13-15)21-6-3-16(2)30-21)18-5-4-17(14-19(18)24(25)26)31(27,28)22-9-11-29-12-10-22/h3-6,14-15,20H,7-13H2,1-2H3. The number of anilines is 1. The number of piperidine rings is 1. The zero-order valence-electron chi connectivity index (χ0n) is 17.7. The summed E-state index contributed by atoms with van der Waals surface area (Å²) in [4.78, 5) is 13.4. The van der Waals surface area contributed by atoms with Crippen molar-refractivity contribution in [3.05, 3.63) is 52.0 Å². The molecule has 9 nitrogen and oxygen atoms in total. The number of sulfonamides is 1. The predicted octanol–water partition coefficient (Wildman–Crippen LogP) is 3.49. The summed E-state index contributed by atoms with van der Waals surface area (Å²) in [5, 5.41) is 12.0. The van der Waals surface area contributed by atoms with Crippen molar-refractivity contribution in [1.82, 2.24) is 4.31 Å². The van der Waals surface area contributed by atoms with Crippen molar-refractivity contribution in [2.24, 2.45) is 5.92 Å². The molecule has 2 fully saturated rings. The molecule has 0 aliphatic carbocycles. The quantitative estimate of drug-likeness (QED) is 0.508. The van der Waals surface area contributed by atoms with Gasteiger partial charge in [0, 0.05) is 25.7 Å². The van der Waals surface area contributed by atoms with Crippen molar-refractivity contribution in [1.29, 1.82) is 0 Å². The largest absolute Gasteiger partial charge is 0.464 e. The number of nitrogens with zero attached hydrogens (tertiary/aromatic N) is 3. The van der Waals surface area contributed by atoms with E-state index in [1.54, 1.807) is 6.07 Å². The summed E-state index contributed by atoms with van der Waals surface area (Å²) >= 11 is 0. The molecule has 2 aliphatic rings. The molecule has 0 amide bonds. The molecule has 0 radical (unpaired) electrons. The Morgan fingerprint density at radius 1 is 1.13 bits per heavy atom. The Hall–Kier alpha value is -2.43. The highest BCUT2D eigenvalue weighted by Gasteiger charge is 2.35. The lowest BCUT2D eigenvalue weighted by Crippen LogP contribution is -2.40. The van der Waals surface area contributed by atoms with Gasteiger partial charge in [0.1, 0.15) is 17.2 Å². The van der Waals surface area contributed by atoms with Gasteiger partial charge in [-0.3, -0.25) is 10.1 Å². The highest BCUT2D eigenvalue weighted by atomic mass is 32.2. The van der Waals surface area contributed by atoms with E-state index in [1.807, 2.05) is 24.0 Å². The number of rotatable bonds is 5. The maximum absolute atomic E-state index is 13.0. The normalized spacial score (nSPS) is 23.1. The second-order valence-electron chi connectivity index (χ2n) is 8.21. The van der Waals surface area contributed by atoms with Gasteiger partial charge in [0.15, 0.2) is 0 Å². The van der Waals surface area contributed by atoms with Crippen molar-refractivity contribution in [3.63, 3.8) is 0 Å². The summed E-state index contributed by atoms with van der Waals surface area (Å²) in [6.07, 6.45) is 1.69. The molecule has 2 aromatic rings. The van der Waals surface area contributed by atoms with Crippen LogP contribution in [0.5, 0.6) is 0 Å². The lowest BCUT2D eigenvalue weighted by Gasteiger charge is -2.38. The summed E-state index contributed by atoms with van der Waals surface area (Å²) < 4.78 is 38.4. The molecule has 4 rings (SSSR count). The zero-order chi connectivity index (χ0) is 22.2. The molecule has 168 valence electrons. The summed E-state index contributed by atoms with van der Waals surface area (Å²) in [6, 6.07) is 7.87. The third-order valence-electron chi connectivity index (χ3n) is 6.02. The highest BCUT2D eigenvalue weighted by molar-refractivity contribution is 7.89. The van der Waals surface area contributed by atoms with E-state index in [0.29, 0.717) is 31.4 Å². The van der Waals surface area contributed by atoms with Crippen LogP contribution >= 0.6 is 0 Å². The molecular formula is C21H27N3O6S. The van der Waals surface area contributed by atoms with E-state index < -0.39 is 14.9 Å². The van der Waals surface area contributed by atoms with Gasteiger partial charge in [0.25, 0.3) is 5.69 Å². The Morgan fingerprint density at radius 2 is 1.87 bits per heavy atom. The van der Waals surface area contributed by atoms with Crippen molar-refractivity contribution in [3.8, 4) is 0 Å². The highest BCUT2D eigenvalue weighted by Crippen LogP contribution is 2.42. The molecule has 1 aromatic carbocycles. The molecule has 31 heavy (non-hydrogen) atoms. The van der Waals surface area contributed by atoms with Crippen LogP contribution < -0.4 is 4.90 Å². The monoisotopic (exact) mass is 449 g/mol. The third kappa shape index (κ3) is 4.32. The van der Waals surface area contributed by atoms with E-state index >= 15 is 0 Å². The van der Waals surface area contributed by atoms with E-state index in [1.165, 1.54) is 16.4 Å². The molecule has 1 aromatic heterocycles. The number of aryl methyl sites for hydroxylation is 1. The second kappa shape index (κ2) is 8.60. The van der Waals surface area contributed by atoms with E-state index in [-0.39, 0.29) is 29.7 Å². The number of ether oxygens (including phenoxy) is 1. The Balaban J connectivity index is 1.73. The fourth-order valence-electron chi connectivity index (χ4n) is 4.32. The average Bonchev–Trinajstić information content (AvgIpc) is 3.20. The number of benzene rings is 1. The Bertz CT molecular complexity index is 1060. The molecular weight excluding hydrogens is 422 g/mol. The third-order valence-corrected chi connectivity index (χ3v) is 7.91. The topological polar surface area (TPSA) is 106 Å². The first-order chi connectivity index (χ1) is 14.8. The molecule has 0 bridgehead atoms. The average molecular weight is 450 g/mol. The number of nitro groups is 1. The number of morpholine rings is 1. The van der Waals surface area contributed by atoms with Gasteiger partial charge in [-0.2, -0.15) is 4.31 Å². The van der Waals surface area contributed by atoms with Crippen LogP contribution in [-0.4, -0.2) is 50.5 Å². The summed E-state index contributed by atoms with van der Waals surface area (Å²) in [6.45, 7) is 5.76. The number of nitro benzene ring substituents is 1.